The molecule has 2 aromatic carbocycles. The molecule has 0 heterocycles. The average molecular weight is 370 g/mol. The summed E-state index contributed by atoms with van der Waals surface area (Å²) in [5.74, 6) is -1.15. The first kappa shape index (κ1) is 20.3. The molecule has 6 heteroatoms. The van der Waals surface area contributed by atoms with E-state index in [4.69, 9.17) is 4.74 Å². The second-order valence-electron chi connectivity index (χ2n) is 7.52. The Labute approximate surface area is 159 Å². The summed E-state index contributed by atoms with van der Waals surface area (Å²) in [7, 11) is 0. The number of nitrogens with one attached hydrogen (secondary N) is 1. The second kappa shape index (κ2) is 8.12. The molecule has 6 nitrogen and oxygen atoms in total. The first-order chi connectivity index (χ1) is 12.6. The molecule has 2 aromatic rings. The molecule has 1 unspecified atom stereocenters. The highest BCUT2D eigenvalue weighted by atomic mass is 16.6. The molecule has 144 valence electrons. The second-order valence-corrected chi connectivity index (χ2v) is 7.52. The fourth-order valence-corrected chi connectivity index (χ4v) is 2.55. The Kier molecular flexibility index (Phi) is 6.10. The van der Waals surface area contributed by atoms with Crippen LogP contribution < -0.4 is 10.2 Å². The molecule has 0 bridgehead atoms. The summed E-state index contributed by atoms with van der Waals surface area (Å²) in [5.41, 5.74) is -0.639. The number of carbonyl (C=O) groups is 2. The molecule has 0 aliphatic rings. The normalized spacial score (nSPS) is 13.3. The number of carboxylic acids is 1. The maximum absolute atomic E-state index is 12.2. The Balaban J connectivity index is 2.34. The molecule has 2 rings (SSSR count). The molecule has 1 atom stereocenters. The lowest BCUT2D eigenvalue weighted by atomic mass is 10.0. The molecule has 0 radical (unpaired) electrons. The Morgan fingerprint density at radius 2 is 1.37 bits per heavy atom. The number of benzene rings is 2. The van der Waals surface area contributed by atoms with Gasteiger partial charge in [0.2, 0.25) is 0 Å². The van der Waals surface area contributed by atoms with E-state index in [-0.39, 0.29) is 6.54 Å². The van der Waals surface area contributed by atoms with Gasteiger partial charge < -0.3 is 20.1 Å². The highest BCUT2D eigenvalue weighted by Gasteiger charge is 2.39. The van der Waals surface area contributed by atoms with E-state index in [1.807, 2.05) is 65.6 Å². The van der Waals surface area contributed by atoms with Crippen molar-refractivity contribution in [2.24, 2.45) is 0 Å². The third-order valence-electron chi connectivity index (χ3n) is 3.86. The molecule has 0 fully saturated rings. The minimum atomic E-state index is -1.56. The summed E-state index contributed by atoms with van der Waals surface area (Å²) in [6.07, 6.45) is -0.770. The summed E-state index contributed by atoms with van der Waals surface area (Å²) >= 11 is 0. The van der Waals surface area contributed by atoms with Gasteiger partial charge in [-0.05, 0) is 52.0 Å². The zero-order chi connectivity index (χ0) is 20.1. The number of hydrogen-bond acceptors (Lipinski definition) is 4. The summed E-state index contributed by atoms with van der Waals surface area (Å²) in [5, 5.41) is 12.3. The summed E-state index contributed by atoms with van der Waals surface area (Å²) in [6.45, 7) is 6.68. The van der Waals surface area contributed by atoms with Gasteiger partial charge in [0.1, 0.15) is 5.60 Å². The fraction of sp³-hybridized carbons (Fsp3) is 0.333. The van der Waals surface area contributed by atoms with Gasteiger partial charge in [-0.2, -0.15) is 0 Å². The van der Waals surface area contributed by atoms with Crippen molar-refractivity contribution >= 4 is 23.4 Å². The van der Waals surface area contributed by atoms with Crippen molar-refractivity contribution in [1.29, 1.82) is 0 Å². The van der Waals surface area contributed by atoms with E-state index in [1.165, 1.54) is 6.92 Å². The van der Waals surface area contributed by atoms with Gasteiger partial charge >= 0.3 is 12.1 Å². The number of alkyl carbamates (subject to hydrolysis) is 1. The van der Waals surface area contributed by atoms with Crippen molar-refractivity contribution in [2.75, 3.05) is 11.4 Å². The zero-order valence-electron chi connectivity index (χ0n) is 16.1. The van der Waals surface area contributed by atoms with E-state index in [0.717, 1.165) is 11.4 Å². The maximum atomic E-state index is 12.2. The minimum absolute atomic E-state index is 0.0234. The average Bonchev–Trinajstić information content (AvgIpc) is 2.59. The number of para-hydroxylation sites is 2. The van der Waals surface area contributed by atoms with Crippen LogP contribution in [-0.4, -0.2) is 34.9 Å². The van der Waals surface area contributed by atoms with E-state index in [0.29, 0.717) is 0 Å². The smallest absolute Gasteiger partial charge is 0.408 e. The van der Waals surface area contributed by atoms with E-state index in [2.05, 4.69) is 5.32 Å². The van der Waals surface area contributed by atoms with Crippen LogP contribution in [0.3, 0.4) is 0 Å². The predicted molar refractivity (Wildman–Crippen MR) is 105 cm³/mol. The number of ether oxygens (including phenoxy) is 1. The number of hydrogen-bond donors (Lipinski definition) is 2. The van der Waals surface area contributed by atoms with Crippen LogP contribution in [0.1, 0.15) is 27.7 Å². The number of amides is 1. The molecule has 0 saturated heterocycles. The van der Waals surface area contributed by atoms with Crippen molar-refractivity contribution in [3.05, 3.63) is 60.7 Å². The Morgan fingerprint density at radius 3 is 1.74 bits per heavy atom. The van der Waals surface area contributed by atoms with Crippen molar-refractivity contribution in [3.63, 3.8) is 0 Å². The highest BCUT2D eigenvalue weighted by molar-refractivity contribution is 5.85. The van der Waals surface area contributed by atoms with E-state index < -0.39 is 23.2 Å². The molecular formula is C21H26N2O4. The zero-order valence-corrected chi connectivity index (χ0v) is 16.1. The number of aliphatic carboxylic acids is 1. The molecule has 0 saturated carbocycles. The first-order valence-corrected chi connectivity index (χ1v) is 8.73. The van der Waals surface area contributed by atoms with E-state index in [9.17, 15) is 14.7 Å². The van der Waals surface area contributed by atoms with Gasteiger partial charge in [-0.25, -0.2) is 9.59 Å². The van der Waals surface area contributed by atoms with Crippen molar-refractivity contribution in [1.82, 2.24) is 5.32 Å². The SMILES string of the molecule is CC(C)(C)OC(=O)NC(C)(CN(c1ccccc1)c1ccccc1)C(=O)O. The lowest BCUT2D eigenvalue weighted by Gasteiger charge is -2.35. The van der Waals surface area contributed by atoms with Crippen molar-refractivity contribution < 1.29 is 19.4 Å². The number of rotatable bonds is 6. The predicted octanol–water partition coefficient (Wildman–Crippen LogP) is 4.19. The van der Waals surface area contributed by atoms with Crippen LogP contribution in [-0.2, 0) is 9.53 Å². The van der Waals surface area contributed by atoms with Crippen LogP contribution in [0.15, 0.2) is 60.7 Å². The van der Waals surface area contributed by atoms with Crippen LogP contribution in [0.2, 0.25) is 0 Å². The van der Waals surface area contributed by atoms with Gasteiger partial charge in [0.15, 0.2) is 5.54 Å². The van der Waals surface area contributed by atoms with Crippen LogP contribution in [0.25, 0.3) is 0 Å². The van der Waals surface area contributed by atoms with E-state index >= 15 is 0 Å². The first-order valence-electron chi connectivity index (χ1n) is 8.73. The summed E-state index contributed by atoms with van der Waals surface area (Å²) < 4.78 is 5.24. The number of carbonyl (C=O) groups excluding carboxylic acids is 1. The van der Waals surface area contributed by atoms with Gasteiger partial charge in [0, 0.05) is 11.4 Å². The van der Waals surface area contributed by atoms with Gasteiger partial charge in [0.05, 0.1) is 6.54 Å². The Morgan fingerprint density at radius 1 is 0.926 bits per heavy atom. The maximum Gasteiger partial charge on any atom is 0.408 e. The van der Waals surface area contributed by atoms with E-state index in [1.54, 1.807) is 20.8 Å². The molecule has 27 heavy (non-hydrogen) atoms. The largest absolute Gasteiger partial charge is 0.479 e. The van der Waals surface area contributed by atoms with Crippen molar-refractivity contribution in [2.45, 2.75) is 38.8 Å². The molecule has 0 aliphatic carbocycles. The molecule has 2 N–H and O–H groups in total. The van der Waals surface area contributed by atoms with Crippen LogP contribution >= 0.6 is 0 Å². The number of nitrogens with zero attached hydrogens (tertiary/aromatic N) is 1. The Hall–Kier alpha value is -3.02. The van der Waals surface area contributed by atoms with Gasteiger partial charge in [-0.3, -0.25) is 0 Å². The fourth-order valence-electron chi connectivity index (χ4n) is 2.55. The number of anilines is 2. The van der Waals surface area contributed by atoms with Crippen LogP contribution in [0, 0.1) is 0 Å². The topological polar surface area (TPSA) is 78.9 Å². The Bertz CT molecular complexity index is 732. The standard InChI is InChI=1S/C21H26N2O4/c1-20(2,3)27-19(26)22-21(4,18(24)25)15-23(16-11-7-5-8-12-16)17-13-9-6-10-14-17/h5-14H,15H2,1-4H3,(H,22,26)(H,24,25). The molecule has 0 spiro atoms. The quantitative estimate of drug-likeness (QED) is 0.797. The summed E-state index contributed by atoms with van der Waals surface area (Å²) in [4.78, 5) is 26.1. The van der Waals surface area contributed by atoms with Gasteiger partial charge in [-0.1, -0.05) is 36.4 Å². The molecule has 1 amide bonds. The van der Waals surface area contributed by atoms with Crippen LogP contribution in [0.5, 0.6) is 0 Å². The summed E-state index contributed by atoms with van der Waals surface area (Å²) in [6, 6.07) is 18.9. The number of carboxylic acid groups (broad SMARTS) is 1. The molecular weight excluding hydrogens is 344 g/mol. The molecule has 0 aliphatic heterocycles. The third-order valence-corrected chi connectivity index (χ3v) is 3.86. The van der Waals surface area contributed by atoms with Gasteiger partial charge in [0.25, 0.3) is 0 Å². The third kappa shape index (κ3) is 5.74. The highest BCUT2D eigenvalue weighted by Crippen LogP contribution is 2.27. The van der Waals surface area contributed by atoms with Crippen molar-refractivity contribution in [3.8, 4) is 0 Å². The van der Waals surface area contributed by atoms with Gasteiger partial charge in [-0.15, -0.1) is 0 Å². The lowest BCUT2D eigenvalue weighted by Crippen LogP contribution is -2.59. The minimum Gasteiger partial charge on any atom is -0.479 e. The monoisotopic (exact) mass is 370 g/mol. The van der Waals surface area contributed by atoms with Crippen LogP contribution in [0.4, 0.5) is 16.2 Å². The lowest BCUT2D eigenvalue weighted by molar-refractivity contribution is -0.143. The molecule has 0 aromatic heterocycles.